The minimum Gasteiger partial charge on any atom is -0.458 e. The molecule has 0 spiro atoms. The van der Waals surface area contributed by atoms with E-state index >= 15 is 8.78 Å². The van der Waals surface area contributed by atoms with Crippen LogP contribution >= 0.6 is 0 Å². The number of rotatable bonds is 11. The van der Waals surface area contributed by atoms with Gasteiger partial charge in [0.25, 0.3) is 23.0 Å². The van der Waals surface area contributed by atoms with E-state index in [1.54, 1.807) is 0 Å². The number of hydrogen-bond acceptors (Lipinski definition) is 12. The molecule has 3 aromatic rings. The van der Waals surface area contributed by atoms with Crippen LogP contribution in [0.5, 0.6) is 0 Å². The van der Waals surface area contributed by atoms with Crippen LogP contribution in [0.25, 0.3) is 0 Å². The summed E-state index contributed by atoms with van der Waals surface area (Å²) in [6.07, 6.45) is -2.35. The molecule has 17 heteroatoms. The van der Waals surface area contributed by atoms with Crippen molar-refractivity contribution in [2.24, 2.45) is 5.92 Å². The summed E-state index contributed by atoms with van der Waals surface area (Å²) in [5, 5.41) is 32.6. The molecule has 3 atom stereocenters. The molecule has 4 rings (SSSR count). The zero-order valence-electron chi connectivity index (χ0n) is 22.5. The van der Waals surface area contributed by atoms with Gasteiger partial charge in [-0.2, -0.15) is 0 Å². The zero-order valence-corrected chi connectivity index (χ0v) is 22.5. The molecule has 0 unspecified atom stereocenters. The van der Waals surface area contributed by atoms with Crippen molar-refractivity contribution in [2.45, 2.75) is 18.1 Å². The Morgan fingerprint density at radius 3 is 1.49 bits per heavy atom. The first kappa shape index (κ1) is 31.8. The Hall–Kier alpha value is -6.13. The highest BCUT2D eigenvalue weighted by Gasteiger charge is 2.55. The maximum atomic E-state index is 15.6. The molecule has 1 aliphatic carbocycles. The standard InChI is InChI=1S/C28H19F2N3O12/c29-28(30)22(13-14-24(28)45-27(36)18-5-11-21(12-6-18)33(41)42)23(44-26(35)17-3-9-20(10-4-17)32(39)40)15-43-25(34)16-1-7-19(8-2-16)31(37)38/h1-14,22-24H,15H2/t22-,23+,24-/m0/s1. The third-order valence-electron chi connectivity index (χ3n) is 6.53. The van der Waals surface area contributed by atoms with E-state index in [9.17, 15) is 44.7 Å². The molecule has 0 fully saturated rings. The van der Waals surface area contributed by atoms with E-state index in [1.165, 1.54) is 0 Å². The first-order chi connectivity index (χ1) is 21.3. The van der Waals surface area contributed by atoms with Crippen LogP contribution in [0.2, 0.25) is 0 Å². The van der Waals surface area contributed by atoms with Crippen LogP contribution in [0.3, 0.4) is 0 Å². The van der Waals surface area contributed by atoms with Gasteiger partial charge in [0.2, 0.25) is 0 Å². The average molecular weight is 627 g/mol. The van der Waals surface area contributed by atoms with Crippen molar-refractivity contribution in [3.8, 4) is 0 Å². The molecule has 0 aromatic heterocycles. The summed E-state index contributed by atoms with van der Waals surface area (Å²) in [4.78, 5) is 68.4. The molecule has 1 aliphatic rings. The maximum Gasteiger partial charge on any atom is 0.338 e. The SMILES string of the molecule is O=C(OC[C@@H](OC(=O)c1ccc([N+](=O)[O-])cc1)[C@@H]1C=C[C@H](OC(=O)c2ccc([N+](=O)[O-])cc2)C1(F)F)c1ccc([N+](=O)[O-])cc1. The lowest BCUT2D eigenvalue weighted by molar-refractivity contribution is -0.385. The minimum absolute atomic E-state index is 0.176. The summed E-state index contributed by atoms with van der Waals surface area (Å²) in [5.74, 6) is -9.47. The van der Waals surface area contributed by atoms with Crippen molar-refractivity contribution in [1.29, 1.82) is 0 Å². The van der Waals surface area contributed by atoms with Gasteiger partial charge in [-0.3, -0.25) is 30.3 Å². The second kappa shape index (κ2) is 13.0. The summed E-state index contributed by atoms with van der Waals surface area (Å²) in [6.45, 7) is -0.942. The molecule has 232 valence electrons. The lowest BCUT2D eigenvalue weighted by atomic mass is 9.97. The molecule has 0 amide bonds. The van der Waals surface area contributed by atoms with Crippen LogP contribution in [0.4, 0.5) is 25.8 Å². The Bertz CT molecular complexity index is 1680. The molecular formula is C28H19F2N3O12. The second-order valence-electron chi connectivity index (χ2n) is 9.37. The van der Waals surface area contributed by atoms with E-state index < -0.39 is 63.3 Å². The highest BCUT2D eigenvalue weighted by molar-refractivity contribution is 5.91. The summed E-state index contributed by atoms with van der Waals surface area (Å²) >= 11 is 0. The Morgan fingerprint density at radius 2 is 1.07 bits per heavy atom. The van der Waals surface area contributed by atoms with Gasteiger partial charge in [0.1, 0.15) is 12.7 Å². The Kier molecular flexibility index (Phi) is 9.20. The Balaban J connectivity index is 1.53. The first-order valence-corrected chi connectivity index (χ1v) is 12.7. The van der Waals surface area contributed by atoms with Crippen LogP contribution in [0, 0.1) is 36.3 Å². The predicted octanol–water partition coefficient (Wildman–Crippen LogP) is 4.84. The number of halogens is 2. The van der Waals surface area contributed by atoms with Gasteiger partial charge in [-0.05, 0) is 42.5 Å². The van der Waals surface area contributed by atoms with Crippen molar-refractivity contribution in [3.05, 3.63) is 132 Å². The number of carbonyl (C=O) groups excluding carboxylic acids is 3. The minimum atomic E-state index is -3.93. The Morgan fingerprint density at radius 1 is 0.667 bits per heavy atom. The smallest absolute Gasteiger partial charge is 0.338 e. The van der Waals surface area contributed by atoms with E-state index in [4.69, 9.17) is 14.2 Å². The van der Waals surface area contributed by atoms with Crippen molar-refractivity contribution in [2.75, 3.05) is 6.61 Å². The summed E-state index contributed by atoms with van der Waals surface area (Å²) in [5.41, 5.74) is -1.72. The Labute approximate surface area is 250 Å². The lowest BCUT2D eigenvalue weighted by Crippen LogP contribution is -2.45. The van der Waals surface area contributed by atoms with Gasteiger partial charge in [-0.25, -0.2) is 23.2 Å². The molecule has 0 aliphatic heterocycles. The number of nitro groups is 3. The third kappa shape index (κ3) is 7.27. The fourth-order valence-electron chi connectivity index (χ4n) is 4.16. The van der Waals surface area contributed by atoms with Gasteiger partial charge in [0.15, 0.2) is 6.10 Å². The zero-order chi connectivity index (χ0) is 32.9. The van der Waals surface area contributed by atoms with Crippen LogP contribution < -0.4 is 0 Å². The van der Waals surface area contributed by atoms with Crippen LogP contribution in [0.1, 0.15) is 31.1 Å². The van der Waals surface area contributed by atoms with E-state index in [1.807, 2.05) is 0 Å². The molecule has 0 N–H and O–H groups in total. The van der Waals surface area contributed by atoms with E-state index in [0.29, 0.717) is 0 Å². The molecule has 0 heterocycles. The molecule has 0 saturated carbocycles. The number of carbonyl (C=O) groups is 3. The number of alkyl halides is 2. The van der Waals surface area contributed by atoms with Gasteiger partial charge in [-0.15, -0.1) is 0 Å². The average Bonchev–Trinajstić information content (AvgIpc) is 3.31. The number of benzene rings is 3. The molecule has 15 nitrogen and oxygen atoms in total. The number of nitrogens with zero attached hydrogens (tertiary/aromatic N) is 3. The fraction of sp³-hybridized carbons (Fsp3) is 0.179. The van der Waals surface area contributed by atoms with Crippen molar-refractivity contribution in [3.63, 3.8) is 0 Å². The highest BCUT2D eigenvalue weighted by atomic mass is 19.3. The van der Waals surface area contributed by atoms with E-state index in [-0.39, 0.29) is 33.8 Å². The quantitative estimate of drug-likeness (QED) is 0.0919. The van der Waals surface area contributed by atoms with Crippen molar-refractivity contribution >= 4 is 35.0 Å². The monoisotopic (exact) mass is 627 g/mol. The predicted molar refractivity (Wildman–Crippen MR) is 146 cm³/mol. The third-order valence-corrected chi connectivity index (χ3v) is 6.53. The normalized spacial score (nSPS) is 17.1. The lowest BCUT2D eigenvalue weighted by Gasteiger charge is -2.30. The van der Waals surface area contributed by atoms with E-state index in [0.717, 1.165) is 84.9 Å². The first-order valence-electron chi connectivity index (χ1n) is 12.7. The summed E-state index contributed by atoms with van der Waals surface area (Å²) in [6, 6.07) is 12.2. The number of hydrogen-bond donors (Lipinski definition) is 0. The molecule has 45 heavy (non-hydrogen) atoms. The largest absolute Gasteiger partial charge is 0.458 e. The summed E-state index contributed by atoms with van der Waals surface area (Å²) < 4.78 is 46.5. The maximum absolute atomic E-state index is 15.6. The molecular weight excluding hydrogens is 608 g/mol. The van der Waals surface area contributed by atoms with Crippen molar-refractivity contribution in [1.82, 2.24) is 0 Å². The number of nitro benzene ring substituents is 3. The van der Waals surface area contributed by atoms with Crippen LogP contribution in [-0.4, -0.2) is 57.4 Å². The van der Waals surface area contributed by atoms with Gasteiger partial charge in [0.05, 0.1) is 37.4 Å². The topological polar surface area (TPSA) is 208 Å². The van der Waals surface area contributed by atoms with Gasteiger partial charge in [-0.1, -0.05) is 6.08 Å². The number of ether oxygens (including phenoxy) is 3. The number of esters is 3. The second-order valence-corrected chi connectivity index (χ2v) is 9.37. The van der Waals surface area contributed by atoms with Crippen LogP contribution in [0.15, 0.2) is 84.9 Å². The van der Waals surface area contributed by atoms with Gasteiger partial charge in [0, 0.05) is 36.4 Å². The van der Waals surface area contributed by atoms with Gasteiger partial charge >= 0.3 is 17.9 Å². The summed E-state index contributed by atoms with van der Waals surface area (Å²) in [7, 11) is 0. The van der Waals surface area contributed by atoms with Crippen LogP contribution in [-0.2, 0) is 14.2 Å². The highest BCUT2D eigenvalue weighted by Crippen LogP contribution is 2.41. The van der Waals surface area contributed by atoms with E-state index in [2.05, 4.69) is 0 Å². The van der Waals surface area contributed by atoms with Gasteiger partial charge < -0.3 is 14.2 Å². The fourth-order valence-corrected chi connectivity index (χ4v) is 4.16. The molecule has 0 bridgehead atoms. The molecule has 0 radical (unpaired) electrons. The molecule has 3 aromatic carbocycles. The van der Waals surface area contributed by atoms with Crippen molar-refractivity contribution < 1.29 is 52.1 Å². The molecule has 0 saturated heterocycles. The number of non-ortho nitro benzene ring substituents is 3.